The molecule has 5 nitrogen and oxygen atoms in total. The van der Waals surface area contributed by atoms with Crippen molar-refractivity contribution in [2.24, 2.45) is 0 Å². The lowest BCUT2D eigenvalue weighted by molar-refractivity contribution is 0.209. The van der Waals surface area contributed by atoms with Crippen LogP contribution in [0, 0.1) is 13.8 Å². The van der Waals surface area contributed by atoms with Crippen LogP contribution in [0.4, 0.5) is 0 Å². The topological polar surface area (TPSA) is 52.8 Å². The molecule has 4 aromatic rings. The highest BCUT2D eigenvalue weighted by Gasteiger charge is 2.20. The number of allylic oxidation sites excluding steroid dienone is 1. The van der Waals surface area contributed by atoms with E-state index in [4.69, 9.17) is 9.72 Å². The summed E-state index contributed by atoms with van der Waals surface area (Å²) in [7, 11) is 0. The molecule has 1 unspecified atom stereocenters. The highest BCUT2D eigenvalue weighted by Crippen LogP contribution is 2.30. The van der Waals surface area contributed by atoms with Gasteiger partial charge in [-0.05, 0) is 38.5 Å². The van der Waals surface area contributed by atoms with Gasteiger partial charge < -0.3 is 4.74 Å². The van der Waals surface area contributed by atoms with E-state index in [-0.39, 0.29) is 6.10 Å². The van der Waals surface area contributed by atoms with E-state index >= 15 is 0 Å². The van der Waals surface area contributed by atoms with Crippen molar-refractivity contribution in [2.75, 3.05) is 0 Å². The number of aryl methyl sites for hydroxylation is 2. The highest BCUT2D eigenvalue weighted by molar-refractivity contribution is 7.98. The molecule has 32 heavy (non-hydrogen) atoms. The number of aromatic nitrogens is 4. The molecule has 0 saturated heterocycles. The van der Waals surface area contributed by atoms with Gasteiger partial charge in [0.15, 0.2) is 17.1 Å². The summed E-state index contributed by atoms with van der Waals surface area (Å²) in [6.45, 7) is 10.7. The van der Waals surface area contributed by atoms with Crippen LogP contribution in [0.25, 0.3) is 10.6 Å². The number of nitrogens with zero attached hydrogens (tertiary/aromatic N) is 4. The maximum atomic E-state index is 6.18. The average Bonchev–Trinajstić information content (AvgIpc) is 3.41. The van der Waals surface area contributed by atoms with Gasteiger partial charge in [0.1, 0.15) is 10.8 Å². The Morgan fingerprint density at radius 1 is 1.16 bits per heavy atom. The Bertz CT molecular complexity index is 1210. The molecule has 1 atom stereocenters. The van der Waals surface area contributed by atoms with Gasteiger partial charge in [-0.2, -0.15) is 0 Å². The first-order chi connectivity index (χ1) is 15.5. The van der Waals surface area contributed by atoms with Crippen molar-refractivity contribution in [3.63, 3.8) is 0 Å². The molecule has 2 heterocycles. The molecule has 0 aliphatic heterocycles. The van der Waals surface area contributed by atoms with Crippen molar-refractivity contribution in [1.29, 1.82) is 0 Å². The average molecular weight is 463 g/mol. The molecule has 0 amide bonds. The number of hydrogen-bond donors (Lipinski definition) is 0. The van der Waals surface area contributed by atoms with Gasteiger partial charge >= 0.3 is 0 Å². The van der Waals surface area contributed by atoms with Gasteiger partial charge in [-0.1, -0.05) is 59.8 Å². The van der Waals surface area contributed by atoms with Crippen LogP contribution < -0.4 is 4.74 Å². The SMILES string of the molecule is C=CCn1c(SCc2csc(-c3cccc(C)c3)n2)nnc1C(C)Oc1ccccc1C. The van der Waals surface area contributed by atoms with E-state index in [1.165, 1.54) is 5.56 Å². The van der Waals surface area contributed by atoms with E-state index in [0.717, 1.165) is 44.3 Å². The molecular weight excluding hydrogens is 436 g/mol. The second kappa shape index (κ2) is 10.1. The molecule has 0 spiro atoms. The first-order valence-corrected chi connectivity index (χ1v) is 12.3. The van der Waals surface area contributed by atoms with Crippen LogP contribution in [0.3, 0.4) is 0 Å². The number of benzene rings is 2. The van der Waals surface area contributed by atoms with Crippen molar-refractivity contribution in [3.8, 4) is 16.3 Å². The molecule has 0 aliphatic carbocycles. The standard InChI is InChI=1S/C25H26N4OS2/c1-5-13-29-23(19(4)30-22-12-7-6-10-18(22)3)27-28-25(29)32-16-21-15-31-24(26-21)20-11-8-9-17(2)14-20/h5-12,14-15,19H,1,13,16H2,2-4H3. The summed E-state index contributed by atoms with van der Waals surface area (Å²) in [6.07, 6.45) is 1.63. The largest absolute Gasteiger partial charge is 0.482 e. The second-order valence-corrected chi connectivity index (χ2v) is 9.37. The van der Waals surface area contributed by atoms with Crippen LogP contribution in [0.15, 0.2) is 71.7 Å². The Morgan fingerprint density at radius 2 is 2.00 bits per heavy atom. The molecule has 7 heteroatoms. The zero-order valence-corrected chi connectivity index (χ0v) is 20.1. The van der Waals surface area contributed by atoms with E-state index in [1.54, 1.807) is 23.1 Å². The Labute approximate surface area is 197 Å². The van der Waals surface area contributed by atoms with Gasteiger partial charge in [-0.3, -0.25) is 4.57 Å². The molecule has 0 aliphatic rings. The van der Waals surface area contributed by atoms with Gasteiger partial charge in [0.2, 0.25) is 0 Å². The summed E-state index contributed by atoms with van der Waals surface area (Å²) in [4.78, 5) is 4.82. The van der Waals surface area contributed by atoms with Crippen molar-refractivity contribution in [2.45, 2.75) is 44.3 Å². The minimum Gasteiger partial charge on any atom is -0.482 e. The van der Waals surface area contributed by atoms with E-state index in [9.17, 15) is 0 Å². The minimum atomic E-state index is -0.231. The normalized spacial score (nSPS) is 12.0. The number of thiazole rings is 1. The van der Waals surface area contributed by atoms with E-state index in [0.29, 0.717) is 6.54 Å². The van der Waals surface area contributed by atoms with Crippen molar-refractivity contribution in [1.82, 2.24) is 19.7 Å². The number of thioether (sulfide) groups is 1. The third kappa shape index (κ3) is 5.11. The van der Waals surface area contributed by atoms with Gasteiger partial charge in [0, 0.05) is 23.2 Å². The van der Waals surface area contributed by atoms with Crippen molar-refractivity contribution >= 4 is 23.1 Å². The number of ether oxygens (including phenoxy) is 1. The van der Waals surface area contributed by atoms with Crippen LogP contribution in [0.2, 0.25) is 0 Å². The Kier molecular flexibility index (Phi) is 7.07. The fourth-order valence-electron chi connectivity index (χ4n) is 3.36. The summed E-state index contributed by atoms with van der Waals surface area (Å²) < 4.78 is 8.24. The minimum absolute atomic E-state index is 0.231. The lowest BCUT2D eigenvalue weighted by Gasteiger charge is -2.17. The fraction of sp³-hybridized carbons (Fsp3) is 0.240. The van der Waals surface area contributed by atoms with E-state index < -0.39 is 0 Å². The number of rotatable bonds is 9. The second-order valence-electron chi connectivity index (χ2n) is 7.57. The number of hydrogen-bond acceptors (Lipinski definition) is 6. The fourth-order valence-corrected chi connectivity index (χ4v) is 5.13. The molecule has 0 fully saturated rings. The monoisotopic (exact) mass is 462 g/mol. The molecule has 2 aromatic heterocycles. The maximum Gasteiger partial charge on any atom is 0.192 e. The summed E-state index contributed by atoms with van der Waals surface area (Å²) >= 11 is 3.30. The van der Waals surface area contributed by atoms with Crippen LogP contribution in [-0.4, -0.2) is 19.7 Å². The molecule has 4 rings (SSSR count). The maximum absolute atomic E-state index is 6.18. The zero-order valence-electron chi connectivity index (χ0n) is 18.5. The van der Waals surface area contributed by atoms with Crippen LogP contribution in [0.5, 0.6) is 5.75 Å². The Hall–Kier alpha value is -2.90. The highest BCUT2D eigenvalue weighted by atomic mass is 32.2. The van der Waals surface area contributed by atoms with Crippen LogP contribution >= 0.6 is 23.1 Å². The molecular formula is C25H26N4OS2. The number of para-hydroxylation sites is 1. The molecule has 0 radical (unpaired) electrons. The molecule has 0 saturated carbocycles. The van der Waals surface area contributed by atoms with Gasteiger partial charge in [-0.25, -0.2) is 4.98 Å². The van der Waals surface area contributed by atoms with Gasteiger partial charge in [0.25, 0.3) is 0 Å². The van der Waals surface area contributed by atoms with E-state index in [1.807, 2.05) is 44.2 Å². The first-order valence-electron chi connectivity index (χ1n) is 10.5. The third-order valence-corrected chi connectivity index (χ3v) is 6.92. The summed E-state index contributed by atoms with van der Waals surface area (Å²) in [5.41, 5.74) is 4.53. The third-order valence-electron chi connectivity index (χ3n) is 4.98. The molecule has 2 aromatic carbocycles. The smallest absolute Gasteiger partial charge is 0.192 e. The zero-order chi connectivity index (χ0) is 22.5. The van der Waals surface area contributed by atoms with Crippen LogP contribution in [0.1, 0.15) is 35.7 Å². The quantitative estimate of drug-likeness (QED) is 0.206. The summed E-state index contributed by atoms with van der Waals surface area (Å²) in [5.74, 6) is 2.37. The van der Waals surface area contributed by atoms with E-state index in [2.05, 4.69) is 57.9 Å². The van der Waals surface area contributed by atoms with Crippen molar-refractivity contribution < 1.29 is 4.74 Å². The Morgan fingerprint density at radius 3 is 2.78 bits per heavy atom. The lowest BCUT2D eigenvalue weighted by atomic mass is 10.1. The van der Waals surface area contributed by atoms with Gasteiger partial charge in [-0.15, -0.1) is 28.1 Å². The summed E-state index contributed by atoms with van der Waals surface area (Å²) in [6, 6.07) is 16.4. The molecule has 0 N–H and O–H groups in total. The molecule has 0 bridgehead atoms. The first kappa shape index (κ1) is 22.3. The predicted octanol–water partition coefficient (Wildman–Crippen LogP) is 6.64. The van der Waals surface area contributed by atoms with Crippen molar-refractivity contribution in [3.05, 3.63) is 89.2 Å². The molecule has 164 valence electrons. The van der Waals surface area contributed by atoms with Crippen LogP contribution in [-0.2, 0) is 12.3 Å². The lowest BCUT2D eigenvalue weighted by Crippen LogP contribution is -2.12. The Balaban J connectivity index is 1.48. The summed E-state index contributed by atoms with van der Waals surface area (Å²) in [5, 5.41) is 12.9. The van der Waals surface area contributed by atoms with Gasteiger partial charge in [0.05, 0.1) is 5.69 Å². The predicted molar refractivity (Wildman–Crippen MR) is 132 cm³/mol.